The Labute approximate surface area is 198 Å². The summed E-state index contributed by atoms with van der Waals surface area (Å²) in [6.45, 7) is 1.65. The highest BCUT2D eigenvalue weighted by atomic mass is 35.5. The Kier molecular flexibility index (Phi) is 5.23. The van der Waals surface area contributed by atoms with Gasteiger partial charge in [-0.1, -0.05) is 35.9 Å². The molecule has 0 bridgehead atoms. The van der Waals surface area contributed by atoms with E-state index in [2.05, 4.69) is 6.07 Å². The highest BCUT2D eigenvalue weighted by molar-refractivity contribution is 6.31. The number of aryl methyl sites for hydroxylation is 1. The SMILES string of the molecule is Cc1c(C(=O)Oc2ccc3c(c2)OC(N)=C(C#N)C3c2ccccc2Cl)oc2ccc(F)cc12. The zero-order valence-electron chi connectivity index (χ0n) is 17.8. The van der Waals surface area contributed by atoms with E-state index in [1.165, 1.54) is 24.3 Å². The lowest BCUT2D eigenvalue weighted by molar-refractivity contribution is 0.0702. The highest BCUT2D eigenvalue weighted by Gasteiger charge is 2.32. The Morgan fingerprint density at radius 3 is 2.71 bits per heavy atom. The van der Waals surface area contributed by atoms with E-state index >= 15 is 0 Å². The van der Waals surface area contributed by atoms with E-state index in [0.717, 1.165) is 0 Å². The molecule has 1 aliphatic heterocycles. The summed E-state index contributed by atoms with van der Waals surface area (Å²) in [4.78, 5) is 12.8. The average molecular weight is 475 g/mol. The fourth-order valence-corrected chi connectivity index (χ4v) is 4.31. The second-order valence-electron chi connectivity index (χ2n) is 7.73. The largest absolute Gasteiger partial charge is 0.449 e. The van der Waals surface area contributed by atoms with Gasteiger partial charge in [-0.3, -0.25) is 0 Å². The van der Waals surface area contributed by atoms with Crippen molar-refractivity contribution in [2.45, 2.75) is 12.8 Å². The van der Waals surface area contributed by atoms with E-state index in [-0.39, 0.29) is 23.0 Å². The number of nitrogens with two attached hydrogens (primary N) is 1. The third-order valence-corrected chi connectivity index (χ3v) is 6.05. The van der Waals surface area contributed by atoms with Gasteiger partial charge in [-0.25, -0.2) is 9.18 Å². The minimum Gasteiger partial charge on any atom is -0.449 e. The van der Waals surface area contributed by atoms with Crippen molar-refractivity contribution < 1.29 is 23.1 Å². The molecular formula is C26H16ClFN2O4. The van der Waals surface area contributed by atoms with Crippen molar-refractivity contribution in [1.82, 2.24) is 0 Å². The molecule has 1 unspecified atom stereocenters. The molecule has 0 fully saturated rings. The molecule has 5 rings (SSSR count). The Hall–Kier alpha value is -4.28. The number of allylic oxidation sites excluding steroid dienone is 1. The van der Waals surface area contributed by atoms with Crippen LogP contribution in [0.5, 0.6) is 11.5 Å². The summed E-state index contributed by atoms with van der Waals surface area (Å²) in [5, 5.41) is 10.7. The van der Waals surface area contributed by atoms with Crippen LogP contribution in [0.25, 0.3) is 11.0 Å². The normalized spacial score (nSPS) is 14.9. The number of furan rings is 1. The quantitative estimate of drug-likeness (QED) is 0.290. The van der Waals surface area contributed by atoms with E-state index in [0.29, 0.717) is 38.4 Å². The summed E-state index contributed by atoms with van der Waals surface area (Å²) < 4.78 is 30.3. The van der Waals surface area contributed by atoms with Crippen molar-refractivity contribution in [2.75, 3.05) is 0 Å². The fraction of sp³-hybridized carbons (Fsp3) is 0.0769. The third-order valence-electron chi connectivity index (χ3n) is 5.70. The summed E-state index contributed by atoms with van der Waals surface area (Å²) in [5.41, 5.74) is 8.46. The van der Waals surface area contributed by atoms with Crippen LogP contribution in [0.3, 0.4) is 0 Å². The first-order valence-electron chi connectivity index (χ1n) is 10.2. The van der Waals surface area contributed by atoms with Gasteiger partial charge in [-0.2, -0.15) is 5.26 Å². The summed E-state index contributed by atoms with van der Waals surface area (Å²) in [6.07, 6.45) is 0. The number of nitrogens with zero attached hydrogens (tertiary/aromatic N) is 1. The number of hydrogen-bond acceptors (Lipinski definition) is 6. The smallest absolute Gasteiger partial charge is 0.379 e. The molecule has 8 heteroatoms. The van der Waals surface area contributed by atoms with Crippen LogP contribution in [-0.2, 0) is 0 Å². The van der Waals surface area contributed by atoms with Crippen LogP contribution in [0.4, 0.5) is 4.39 Å². The summed E-state index contributed by atoms with van der Waals surface area (Å²) in [5.74, 6) is -1.29. The molecule has 0 amide bonds. The van der Waals surface area contributed by atoms with E-state index in [9.17, 15) is 14.4 Å². The number of carbonyl (C=O) groups excluding carboxylic acids is 1. The lowest BCUT2D eigenvalue weighted by Gasteiger charge is -2.27. The number of nitriles is 1. The molecule has 0 spiro atoms. The van der Waals surface area contributed by atoms with Gasteiger partial charge < -0.3 is 19.6 Å². The molecule has 34 heavy (non-hydrogen) atoms. The molecule has 1 atom stereocenters. The maximum absolute atomic E-state index is 13.6. The first kappa shape index (κ1) is 21.6. The molecule has 0 aliphatic carbocycles. The number of carbonyl (C=O) groups is 1. The zero-order chi connectivity index (χ0) is 24.0. The second-order valence-corrected chi connectivity index (χ2v) is 8.14. The van der Waals surface area contributed by atoms with Gasteiger partial charge in [-0.05, 0) is 42.8 Å². The number of hydrogen-bond donors (Lipinski definition) is 1. The number of halogens is 2. The number of ether oxygens (including phenoxy) is 2. The molecule has 168 valence electrons. The maximum Gasteiger partial charge on any atom is 0.379 e. The van der Waals surface area contributed by atoms with Gasteiger partial charge in [0.05, 0.1) is 5.92 Å². The lowest BCUT2D eigenvalue weighted by Crippen LogP contribution is -2.21. The van der Waals surface area contributed by atoms with Crippen molar-refractivity contribution in [3.8, 4) is 17.6 Å². The molecule has 0 radical (unpaired) electrons. The molecule has 2 N–H and O–H groups in total. The molecule has 2 heterocycles. The van der Waals surface area contributed by atoms with Crippen molar-refractivity contribution in [2.24, 2.45) is 5.73 Å². The van der Waals surface area contributed by atoms with Crippen LogP contribution < -0.4 is 15.2 Å². The number of benzene rings is 3. The number of rotatable bonds is 3. The van der Waals surface area contributed by atoms with Gasteiger partial charge in [0.2, 0.25) is 11.6 Å². The maximum atomic E-state index is 13.6. The second kappa shape index (κ2) is 8.25. The van der Waals surface area contributed by atoms with Gasteiger partial charge in [0, 0.05) is 27.6 Å². The van der Waals surface area contributed by atoms with E-state index in [4.69, 9.17) is 31.2 Å². The monoisotopic (exact) mass is 474 g/mol. The van der Waals surface area contributed by atoms with Crippen LogP contribution in [0.1, 0.15) is 33.2 Å². The average Bonchev–Trinajstić information content (AvgIpc) is 3.14. The summed E-state index contributed by atoms with van der Waals surface area (Å²) in [7, 11) is 0. The minimum atomic E-state index is -0.742. The van der Waals surface area contributed by atoms with Gasteiger partial charge in [0.25, 0.3) is 0 Å². The van der Waals surface area contributed by atoms with Crippen molar-refractivity contribution >= 4 is 28.5 Å². The molecule has 6 nitrogen and oxygen atoms in total. The number of esters is 1. The van der Waals surface area contributed by atoms with E-state index in [1.807, 2.05) is 12.1 Å². The van der Waals surface area contributed by atoms with Gasteiger partial charge >= 0.3 is 5.97 Å². The lowest BCUT2D eigenvalue weighted by atomic mass is 9.83. The van der Waals surface area contributed by atoms with Crippen molar-refractivity contribution in [3.63, 3.8) is 0 Å². The molecule has 4 aromatic rings. The Morgan fingerprint density at radius 2 is 1.94 bits per heavy atom. The molecule has 0 saturated carbocycles. The first-order valence-corrected chi connectivity index (χ1v) is 10.6. The minimum absolute atomic E-state index is 0.0284. The van der Waals surface area contributed by atoms with Crippen LogP contribution in [0.15, 0.2) is 76.5 Å². The predicted molar refractivity (Wildman–Crippen MR) is 123 cm³/mol. The molecule has 0 saturated heterocycles. The van der Waals surface area contributed by atoms with Crippen LogP contribution >= 0.6 is 11.6 Å². The van der Waals surface area contributed by atoms with Crippen LogP contribution in [-0.4, -0.2) is 5.97 Å². The summed E-state index contributed by atoms with van der Waals surface area (Å²) in [6, 6.07) is 18.1. The van der Waals surface area contributed by atoms with Crippen LogP contribution in [0.2, 0.25) is 5.02 Å². The Bertz CT molecular complexity index is 1550. The Balaban J connectivity index is 1.50. The van der Waals surface area contributed by atoms with Gasteiger partial charge in [-0.15, -0.1) is 0 Å². The standard InChI is InChI=1S/C26H16ClFN2O4/c1-13-18-10-14(28)6-9-21(18)33-24(13)26(31)32-15-7-8-17-22(11-15)34-25(30)19(12-29)23(17)16-4-2-3-5-20(16)27/h2-11,23H,30H2,1H3. The van der Waals surface area contributed by atoms with Gasteiger partial charge in [0.15, 0.2) is 0 Å². The highest BCUT2D eigenvalue weighted by Crippen LogP contribution is 2.45. The van der Waals surface area contributed by atoms with E-state index in [1.54, 1.807) is 31.2 Å². The summed E-state index contributed by atoms with van der Waals surface area (Å²) >= 11 is 6.40. The predicted octanol–water partition coefficient (Wildman–Crippen LogP) is 5.97. The Morgan fingerprint density at radius 1 is 1.15 bits per heavy atom. The molecule has 1 aromatic heterocycles. The van der Waals surface area contributed by atoms with Crippen molar-refractivity contribution in [3.05, 3.63) is 105 Å². The fourth-order valence-electron chi connectivity index (χ4n) is 4.07. The molecular weight excluding hydrogens is 459 g/mol. The molecule has 1 aliphatic rings. The topological polar surface area (TPSA) is 98.5 Å². The first-order chi connectivity index (χ1) is 16.4. The zero-order valence-corrected chi connectivity index (χ0v) is 18.5. The van der Waals surface area contributed by atoms with E-state index < -0.39 is 17.7 Å². The van der Waals surface area contributed by atoms with Gasteiger partial charge in [0.1, 0.15) is 34.5 Å². The third kappa shape index (κ3) is 3.54. The van der Waals surface area contributed by atoms with Crippen LogP contribution in [0, 0.1) is 24.1 Å². The molecule has 3 aromatic carbocycles. The van der Waals surface area contributed by atoms with Crippen molar-refractivity contribution in [1.29, 1.82) is 5.26 Å². The number of fused-ring (bicyclic) bond motifs is 2.